The van der Waals surface area contributed by atoms with Crippen LogP contribution in [0.4, 0.5) is 5.82 Å². The molecule has 1 aromatic carbocycles. The maximum absolute atomic E-state index is 12.6. The number of carboxylic acid groups (broad SMARTS) is 3. The fourth-order valence-corrected chi connectivity index (χ4v) is 5.91. The summed E-state index contributed by atoms with van der Waals surface area (Å²) in [6.45, 7) is 1.68. The first kappa shape index (κ1) is 28.8. The van der Waals surface area contributed by atoms with Gasteiger partial charge in [-0.25, -0.2) is 15.0 Å². The van der Waals surface area contributed by atoms with Gasteiger partial charge >= 0.3 is 17.9 Å². The lowest BCUT2D eigenvalue weighted by molar-refractivity contribution is -0.229. The number of nitrogens with zero attached hydrogens (tertiary/aromatic N) is 4. The number of ether oxygens (including phenoxy) is 1. The molecule has 0 radical (unpaired) electrons. The van der Waals surface area contributed by atoms with Gasteiger partial charge in [0.1, 0.15) is 23.5 Å². The van der Waals surface area contributed by atoms with E-state index in [1.54, 1.807) is 37.3 Å². The number of aromatic nitrogens is 4. The van der Waals surface area contributed by atoms with Crippen LogP contribution in [-0.4, -0.2) is 91.5 Å². The van der Waals surface area contributed by atoms with Crippen LogP contribution in [0.5, 0.6) is 0 Å². The number of nitrogen functional groups attached to an aromatic ring is 1. The molecule has 0 bridgehead atoms. The smallest absolute Gasteiger partial charge is 0.306 e. The molecular formula is C25H29N5O10. The van der Waals surface area contributed by atoms with Gasteiger partial charge in [-0.1, -0.05) is 37.3 Å². The molecule has 3 heterocycles. The van der Waals surface area contributed by atoms with E-state index in [-0.39, 0.29) is 23.4 Å². The van der Waals surface area contributed by atoms with Crippen LogP contribution in [0.1, 0.15) is 44.1 Å². The average Bonchev–Trinajstić information content (AvgIpc) is 3.37. The fourth-order valence-electron chi connectivity index (χ4n) is 5.91. The first-order valence-electron chi connectivity index (χ1n) is 12.3. The van der Waals surface area contributed by atoms with Crippen molar-refractivity contribution in [1.29, 1.82) is 0 Å². The number of benzene rings is 1. The molecule has 0 amide bonds. The van der Waals surface area contributed by atoms with Crippen molar-refractivity contribution in [3.8, 4) is 0 Å². The SMILES string of the molecule is CC[C@H](c1ccccc1)[C@@]1(n2cnc3c(N)ncnc32)O[C@H](C(O)CC(=O)O)[C@](O)(CC(=O)O)[C@]1(O)CC(=O)O. The average molecular weight is 560 g/mol. The third-order valence-electron chi connectivity index (χ3n) is 7.45. The van der Waals surface area contributed by atoms with Crippen LogP contribution in [0.3, 0.4) is 0 Å². The molecule has 15 heteroatoms. The lowest BCUT2D eigenvalue weighted by Gasteiger charge is -2.49. The van der Waals surface area contributed by atoms with E-state index in [4.69, 9.17) is 10.5 Å². The molecule has 6 atom stereocenters. The van der Waals surface area contributed by atoms with Crippen molar-refractivity contribution in [2.45, 2.75) is 67.7 Å². The Hall–Kier alpha value is -4.18. The molecule has 0 aliphatic carbocycles. The van der Waals surface area contributed by atoms with Gasteiger partial charge in [-0.15, -0.1) is 0 Å². The number of anilines is 1. The summed E-state index contributed by atoms with van der Waals surface area (Å²) in [5.41, 5.74) is -2.07. The summed E-state index contributed by atoms with van der Waals surface area (Å²) in [4.78, 5) is 48.2. The summed E-state index contributed by atoms with van der Waals surface area (Å²) in [5.74, 6) is -5.96. The van der Waals surface area contributed by atoms with Crippen LogP contribution in [0.2, 0.25) is 0 Å². The van der Waals surface area contributed by atoms with Crippen molar-refractivity contribution in [3.05, 3.63) is 48.5 Å². The van der Waals surface area contributed by atoms with Gasteiger partial charge in [0.25, 0.3) is 0 Å². The minimum Gasteiger partial charge on any atom is -0.481 e. The molecule has 15 nitrogen and oxygen atoms in total. The number of carboxylic acids is 3. The van der Waals surface area contributed by atoms with E-state index in [0.717, 1.165) is 17.2 Å². The largest absolute Gasteiger partial charge is 0.481 e. The van der Waals surface area contributed by atoms with E-state index in [0.29, 0.717) is 5.56 Å². The first-order chi connectivity index (χ1) is 18.8. The number of fused-ring (bicyclic) bond motifs is 1. The molecule has 40 heavy (non-hydrogen) atoms. The highest BCUT2D eigenvalue weighted by Crippen LogP contribution is 2.60. The number of imidazole rings is 1. The van der Waals surface area contributed by atoms with Crippen LogP contribution < -0.4 is 5.73 Å². The monoisotopic (exact) mass is 559 g/mol. The summed E-state index contributed by atoms with van der Waals surface area (Å²) in [6, 6.07) is 8.36. The summed E-state index contributed by atoms with van der Waals surface area (Å²) < 4.78 is 7.47. The zero-order chi connectivity index (χ0) is 29.5. The second-order valence-corrected chi connectivity index (χ2v) is 9.74. The van der Waals surface area contributed by atoms with Crippen molar-refractivity contribution in [2.75, 3.05) is 5.73 Å². The zero-order valence-electron chi connectivity index (χ0n) is 21.3. The topological polar surface area (TPSA) is 251 Å². The molecule has 8 N–H and O–H groups in total. The molecule has 0 saturated carbocycles. The summed E-state index contributed by atoms with van der Waals surface area (Å²) in [5, 5.41) is 64.7. The number of rotatable bonds is 11. The Morgan fingerprint density at radius 2 is 1.68 bits per heavy atom. The molecule has 2 aromatic heterocycles. The summed E-state index contributed by atoms with van der Waals surface area (Å²) in [7, 11) is 0. The Bertz CT molecular complexity index is 1430. The van der Waals surface area contributed by atoms with E-state index in [9.17, 15) is 45.0 Å². The van der Waals surface area contributed by atoms with E-state index in [1.807, 2.05) is 0 Å². The molecule has 1 fully saturated rings. The Morgan fingerprint density at radius 1 is 1.02 bits per heavy atom. The highest BCUT2D eigenvalue weighted by molar-refractivity contribution is 5.81. The minimum atomic E-state index is -3.04. The molecule has 1 saturated heterocycles. The van der Waals surface area contributed by atoms with Gasteiger partial charge < -0.3 is 41.1 Å². The van der Waals surface area contributed by atoms with E-state index in [2.05, 4.69) is 15.0 Å². The van der Waals surface area contributed by atoms with Crippen LogP contribution in [0.25, 0.3) is 11.2 Å². The van der Waals surface area contributed by atoms with Crippen molar-refractivity contribution in [3.63, 3.8) is 0 Å². The Labute approximate surface area is 226 Å². The van der Waals surface area contributed by atoms with E-state index >= 15 is 0 Å². The minimum absolute atomic E-state index is 0.0300. The molecule has 3 aromatic rings. The normalized spacial score (nSPS) is 27.9. The van der Waals surface area contributed by atoms with Crippen LogP contribution >= 0.6 is 0 Å². The fraction of sp³-hybridized carbons (Fsp3) is 0.440. The number of aliphatic hydroxyl groups is 3. The van der Waals surface area contributed by atoms with E-state index in [1.165, 1.54) is 0 Å². The molecule has 1 unspecified atom stereocenters. The Morgan fingerprint density at radius 3 is 2.25 bits per heavy atom. The Kier molecular flexibility index (Phi) is 7.51. The quantitative estimate of drug-likeness (QED) is 0.162. The van der Waals surface area contributed by atoms with Crippen molar-refractivity contribution >= 4 is 34.9 Å². The second kappa shape index (κ2) is 10.4. The van der Waals surface area contributed by atoms with Crippen molar-refractivity contribution in [2.24, 2.45) is 0 Å². The lowest BCUT2D eigenvalue weighted by Crippen LogP contribution is -2.68. The highest BCUT2D eigenvalue weighted by atomic mass is 16.6. The highest BCUT2D eigenvalue weighted by Gasteiger charge is 2.78. The van der Waals surface area contributed by atoms with Crippen LogP contribution in [-0.2, 0) is 24.8 Å². The summed E-state index contributed by atoms with van der Waals surface area (Å²) >= 11 is 0. The number of nitrogens with two attached hydrogens (primary N) is 1. The molecule has 214 valence electrons. The number of hydrogen-bond donors (Lipinski definition) is 7. The van der Waals surface area contributed by atoms with Gasteiger partial charge in [0, 0.05) is 5.92 Å². The number of carbonyl (C=O) groups is 3. The third-order valence-corrected chi connectivity index (χ3v) is 7.45. The van der Waals surface area contributed by atoms with Gasteiger partial charge in [0.05, 0.1) is 31.7 Å². The number of aliphatic carboxylic acids is 3. The zero-order valence-corrected chi connectivity index (χ0v) is 21.3. The van der Waals surface area contributed by atoms with Crippen LogP contribution in [0.15, 0.2) is 43.0 Å². The van der Waals surface area contributed by atoms with Crippen molar-refractivity contribution in [1.82, 2.24) is 19.5 Å². The van der Waals surface area contributed by atoms with Gasteiger partial charge in [-0.3, -0.25) is 19.0 Å². The molecule has 1 aliphatic rings. The lowest BCUT2D eigenvalue weighted by atomic mass is 9.65. The maximum Gasteiger partial charge on any atom is 0.306 e. The van der Waals surface area contributed by atoms with Gasteiger partial charge in [-0.05, 0) is 12.0 Å². The van der Waals surface area contributed by atoms with Crippen LogP contribution in [0, 0.1) is 0 Å². The summed E-state index contributed by atoms with van der Waals surface area (Å²) in [6.07, 6.45) is -5.47. The molecular weight excluding hydrogens is 530 g/mol. The van der Waals surface area contributed by atoms with E-state index < -0.39 is 72.2 Å². The van der Waals surface area contributed by atoms with Gasteiger partial charge in [0.2, 0.25) is 0 Å². The molecule has 0 spiro atoms. The van der Waals surface area contributed by atoms with Crippen molar-refractivity contribution < 1.29 is 49.8 Å². The Balaban J connectivity index is 2.17. The predicted octanol–water partition coefficient (Wildman–Crippen LogP) is -0.0989. The first-order valence-corrected chi connectivity index (χ1v) is 12.3. The number of aliphatic hydroxyl groups excluding tert-OH is 1. The molecule has 4 rings (SSSR count). The standard InChI is InChI=1S/C25H29N5O10/c1-2-14(13-6-4-3-5-7-13)25(30-12-29-19-21(26)27-11-28-22(19)30)24(39,10-18(36)37)23(38,9-17(34)35)20(40-25)15(31)8-16(32)33/h3-7,11-12,14-15,20,31,38-39H,2,8-10H2,1H3,(H,32,33)(H,34,35)(H,36,37)(H2,26,27,28)/t14-,15?,20-,23-,24-,25-/m1/s1. The molecule has 1 aliphatic heterocycles. The van der Waals surface area contributed by atoms with Gasteiger partial charge in [0.15, 0.2) is 22.8 Å². The number of hydrogen-bond acceptors (Lipinski definition) is 11. The predicted molar refractivity (Wildman–Crippen MR) is 135 cm³/mol. The second-order valence-electron chi connectivity index (χ2n) is 9.74. The maximum atomic E-state index is 12.6. The third kappa shape index (κ3) is 4.32. The van der Waals surface area contributed by atoms with Gasteiger partial charge in [-0.2, -0.15) is 0 Å².